The second-order valence-corrected chi connectivity index (χ2v) is 5.59. The maximum atomic E-state index is 13.7. The summed E-state index contributed by atoms with van der Waals surface area (Å²) in [4.78, 5) is -0.940. The summed E-state index contributed by atoms with van der Waals surface area (Å²) in [6.07, 6.45) is 0.738. The van der Waals surface area contributed by atoms with Gasteiger partial charge in [0.2, 0.25) is 0 Å². The van der Waals surface area contributed by atoms with E-state index in [1.54, 1.807) is 0 Å². The molecule has 0 saturated carbocycles. The third-order valence-corrected chi connectivity index (χ3v) is 3.37. The fourth-order valence-electron chi connectivity index (χ4n) is 1.37. The first kappa shape index (κ1) is 13.1. The summed E-state index contributed by atoms with van der Waals surface area (Å²) in [5.74, 6) is -2.82. The van der Waals surface area contributed by atoms with Gasteiger partial charge in [0.1, 0.15) is 16.5 Å². The summed E-state index contributed by atoms with van der Waals surface area (Å²) in [6, 6.07) is 2.03. The highest BCUT2D eigenvalue weighted by atomic mass is 32.2. The molecule has 90 valence electrons. The molecule has 3 nitrogen and oxygen atoms in total. The summed E-state index contributed by atoms with van der Waals surface area (Å²) in [6.45, 7) is 1.17. The average Bonchev–Trinajstić information content (AvgIpc) is 2.14. The summed E-state index contributed by atoms with van der Waals surface area (Å²) < 4.78 is 49.3. The highest BCUT2D eigenvalue weighted by Gasteiger charge is 2.24. The second kappa shape index (κ2) is 4.47. The lowest BCUT2D eigenvalue weighted by Gasteiger charge is -2.12. The fourth-order valence-corrected chi connectivity index (χ4v) is 2.23. The van der Waals surface area contributed by atoms with E-state index in [1.165, 1.54) is 6.92 Å². The summed E-state index contributed by atoms with van der Waals surface area (Å²) in [7, 11) is -3.96. The van der Waals surface area contributed by atoms with E-state index in [-0.39, 0.29) is 12.2 Å². The molecule has 1 aromatic rings. The van der Waals surface area contributed by atoms with E-state index >= 15 is 0 Å². The molecular weight excluding hydrogens is 238 g/mol. The van der Waals surface area contributed by atoms with Crippen molar-refractivity contribution in [2.24, 2.45) is 0 Å². The Kier molecular flexibility index (Phi) is 3.64. The minimum absolute atomic E-state index is 0.00988. The van der Waals surface area contributed by atoms with E-state index < -0.39 is 32.3 Å². The van der Waals surface area contributed by atoms with Crippen LogP contribution >= 0.6 is 0 Å². The van der Waals surface area contributed by atoms with Gasteiger partial charge < -0.3 is 5.11 Å². The van der Waals surface area contributed by atoms with Crippen molar-refractivity contribution >= 4 is 9.84 Å². The lowest BCUT2D eigenvalue weighted by Crippen LogP contribution is -2.10. The number of rotatable bonds is 3. The monoisotopic (exact) mass is 250 g/mol. The minimum atomic E-state index is -3.96. The molecule has 1 N–H and O–H groups in total. The number of aliphatic hydroxyl groups excluding tert-OH is 1. The van der Waals surface area contributed by atoms with Crippen LogP contribution in [0.25, 0.3) is 0 Å². The van der Waals surface area contributed by atoms with E-state index in [2.05, 4.69) is 0 Å². The van der Waals surface area contributed by atoms with Crippen LogP contribution in [0.15, 0.2) is 17.0 Å². The topological polar surface area (TPSA) is 54.4 Å². The number of hydrogen-bond acceptors (Lipinski definition) is 3. The zero-order chi connectivity index (χ0) is 12.5. The molecule has 0 spiro atoms. The SMILES string of the molecule is CC(CO)c1ccc(F)c(S(C)(=O)=O)c1F. The zero-order valence-corrected chi connectivity index (χ0v) is 9.68. The third kappa shape index (κ3) is 2.38. The molecule has 6 heteroatoms. The van der Waals surface area contributed by atoms with Crippen molar-refractivity contribution < 1.29 is 22.3 Å². The highest BCUT2D eigenvalue weighted by molar-refractivity contribution is 7.90. The minimum Gasteiger partial charge on any atom is -0.396 e. The lowest BCUT2D eigenvalue weighted by molar-refractivity contribution is 0.269. The van der Waals surface area contributed by atoms with Crippen molar-refractivity contribution in [3.8, 4) is 0 Å². The Morgan fingerprint density at radius 2 is 1.94 bits per heavy atom. The fraction of sp³-hybridized carbons (Fsp3) is 0.400. The molecule has 0 aliphatic heterocycles. The lowest BCUT2D eigenvalue weighted by atomic mass is 10.0. The molecule has 0 fully saturated rings. The Morgan fingerprint density at radius 3 is 2.38 bits per heavy atom. The number of aliphatic hydroxyl groups is 1. The summed E-state index contributed by atoms with van der Waals surface area (Å²) in [5, 5.41) is 8.87. The number of sulfone groups is 1. The summed E-state index contributed by atoms with van der Waals surface area (Å²) in [5.41, 5.74) is -0.00988. The van der Waals surface area contributed by atoms with Crippen LogP contribution in [-0.2, 0) is 9.84 Å². The van der Waals surface area contributed by atoms with E-state index in [4.69, 9.17) is 5.11 Å². The molecule has 0 bridgehead atoms. The van der Waals surface area contributed by atoms with E-state index in [0.717, 1.165) is 18.4 Å². The first-order chi connectivity index (χ1) is 7.29. The Hall–Kier alpha value is -1.01. The van der Waals surface area contributed by atoms with Crippen molar-refractivity contribution in [2.45, 2.75) is 17.7 Å². The van der Waals surface area contributed by atoms with Crippen molar-refractivity contribution in [1.82, 2.24) is 0 Å². The first-order valence-electron chi connectivity index (χ1n) is 4.57. The molecule has 1 aromatic carbocycles. The maximum Gasteiger partial charge on any atom is 0.181 e. The van der Waals surface area contributed by atoms with E-state index in [9.17, 15) is 17.2 Å². The van der Waals surface area contributed by atoms with Gasteiger partial charge in [-0.25, -0.2) is 17.2 Å². The van der Waals surface area contributed by atoms with Crippen LogP contribution in [0.4, 0.5) is 8.78 Å². The van der Waals surface area contributed by atoms with Crippen LogP contribution in [0, 0.1) is 11.6 Å². The molecule has 0 saturated heterocycles. The van der Waals surface area contributed by atoms with Crippen LogP contribution in [0.5, 0.6) is 0 Å². The van der Waals surface area contributed by atoms with Gasteiger partial charge in [0, 0.05) is 18.8 Å². The first-order valence-corrected chi connectivity index (χ1v) is 6.47. The Bertz CT molecular complexity index is 497. The molecule has 0 aliphatic rings. The van der Waals surface area contributed by atoms with Gasteiger partial charge in [-0.15, -0.1) is 0 Å². The Morgan fingerprint density at radius 1 is 1.38 bits per heavy atom. The standard InChI is InChI=1S/C10H12F2O3S/c1-6(5-13)7-3-4-8(11)10(9(7)12)16(2,14)15/h3-4,6,13H,5H2,1-2H3. The Balaban J connectivity index is 3.51. The zero-order valence-electron chi connectivity index (χ0n) is 8.87. The van der Waals surface area contributed by atoms with Gasteiger partial charge in [-0.2, -0.15) is 0 Å². The van der Waals surface area contributed by atoms with Crippen molar-refractivity contribution in [2.75, 3.05) is 12.9 Å². The van der Waals surface area contributed by atoms with Gasteiger partial charge in [0.15, 0.2) is 9.84 Å². The molecule has 1 atom stereocenters. The number of hydrogen-bond donors (Lipinski definition) is 1. The maximum absolute atomic E-state index is 13.7. The van der Waals surface area contributed by atoms with Crippen LogP contribution in [0.3, 0.4) is 0 Å². The molecule has 0 amide bonds. The highest BCUT2D eigenvalue weighted by Crippen LogP contribution is 2.26. The van der Waals surface area contributed by atoms with Gasteiger partial charge in [-0.1, -0.05) is 13.0 Å². The van der Waals surface area contributed by atoms with Crippen molar-refractivity contribution in [3.05, 3.63) is 29.3 Å². The van der Waals surface area contributed by atoms with Gasteiger partial charge in [0.25, 0.3) is 0 Å². The largest absolute Gasteiger partial charge is 0.396 e. The second-order valence-electron chi connectivity index (χ2n) is 3.64. The van der Waals surface area contributed by atoms with Crippen LogP contribution in [0.2, 0.25) is 0 Å². The van der Waals surface area contributed by atoms with E-state index in [0.29, 0.717) is 0 Å². The third-order valence-electron chi connectivity index (χ3n) is 2.25. The molecule has 0 aromatic heterocycles. The van der Waals surface area contributed by atoms with Crippen LogP contribution < -0.4 is 0 Å². The van der Waals surface area contributed by atoms with Crippen LogP contribution in [-0.4, -0.2) is 26.4 Å². The molecule has 0 heterocycles. The van der Waals surface area contributed by atoms with E-state index in [1.807, 2.05) is 0 Å². The van der Waals surface area contributed by atoms with Gasteiger partial charge in [-0.05, 0) is 11.6 Å². The predicted octanol–water partition coefficient (Wildman–Crippen LogP) is 1.46. The Labute approximate surface area is 92.6 Å². The normalized spacial score (nSPS) is 13.8. The molecule has 1 unspecified atom stereocenters. The smallest absolute Gasteiger partial charge is 0.181 e. The van der Waals surface area contributed by atoms with Gasteiger partial charge in [-0.3, -0.25) is 0 Å². The molecular formula is C10H12F2O3S. The average molecular weight is 250 g/mol. The van der Waals surface area contributed by atoms with Crippen molar-refractivity contribution in [3.63, 3.8) is 0 Å². The predicted molar refractivity (Wildman–Crippen MR) is 55.0 cm³/mol. The number of benzene rings is 1. The number of halogens is 2. The molecule has 0 aliphatic carbocycles. The quantitative estimate of drug-likeness (QED) is 0.883. The van der Waals surface area contributed by atoms with Gasteiger partial charge >= 0.3 is 0 Å². The summed E-state index contributed by atoms with van der Waals surface area (Å²) >= 11 is 0. The molecule has 0 radical (unpaired) electrons. The van der Waals surface area contributed by atoms with Gasteiger partial charge in [0.05, 0.1) is 0 Å². The van der Waals surface area contributed by atoms with Crippen LogP contribution in [0.1, 0.15) is 18.4 Å². The van der Waals surface area contributed by atoms with Crippen molar-refractivity contribution in [1.29, 1.82) is 0 Å². The molecule has 1 rings (SSSR count). The molecule has 16 heavy (non-hydrogen) atoms.